The van der Waals surface area contributed by atoms with E-state index >= 15 is 0 Å². The lowest BCUT2D eigenvalue weighted by atomic mass is 10.3. The van der Waals surface area contributed by atoms with Crippen LogP contribution in [-0.2, 0) is 4.74 Å². The molecule has 138 valence electrons. The van der Waals surface area contributed by atoms with Gasteiger partial charge in [0, 0.05) is 11.2 Å². The van der Waals surface area contributed by atoms with Crippen molar-refractivity contribution in [3.8, 4) is 11.8 Å². The Hall–Kier alpha value is -0.810. The molecule has 11 heteroatoms. The van der Waals surface area contributed by atoms with Gasteiger partial charge in [-0.2, -0.15) is 9.65 Å². The Bertz CT molecular complexity index is 866. The SMILES string of the molecule is CCO/C=N/c1c(SC(F)(Cl)Cl)c(C#N)cn1-c1c(Cl)cc(Cl)cc1Cl. The Balaban J connectivity index is 2.76. The molecule has 4 nitrogen and oxygen atoms in total. The van der Waals surface area contributed by atoms with E-state index in [0.29, 0.717) is 29.1 Å². The summed E-state index contributed by atoms with van der Waals surface area (Å²) in [7, 11) is 0. The molecule has 0 saturated heterocycles. The van der Waals surface area contributed by atoms with Crippen molar-refractivity contribution >= 4 is 82.0 Å². The third kappa shape index (κ3) is 5.13. The van der Waals surface area contributed by atoms with Gasteiger partial charge in [0.2, 0.25) is 0 Å². The fourth-order valence-corrected chi connectivity index (χ4v) is 4.14. The number of nitrogens with zero attached hydrogens (tertiary/aromatic N) is 3. The van der Waals surface area contributed by atoms with E-state index in [1.807, 2.05) is 6.07 Å². The van der Waals surface area contributed by atoms with Crippen molar-refractivity contribution in [3.05, 3.63) is 39.0 Å². The van der Waals surface area contributed by atoms with E-state index in [1.165, 1.54) is 22.9 Å². The van der Waals surface area contributed by atoms with Crippen LogP contribution in [0, 0.1) is 11.3 Å². The van der Waals surface area contributed by atoms with Gasteiger partial charge in [0.25, 0.3) is 0 Å². The smallest absolute Gasteiger partial charge is 0.309 e. The quantitative estimate of drug-likeness (QED) is 0.193. The first-order valence-corrected chi connectivity index (χ1v) is 9.58. The van der Waals surface area contributed by atoms with Gasteiger partial charge in [0.1, 0.15) is 6.07 Å². The van der Waals surface area contributed by atoms with Crippen molar-refractivity contribution in [1.29, 1.82) is 5.26 Å². The van der Waals surface area contributed by atoms with Crippen LogP contribution in [0.25, 0.3) is 5.69 Å². The van der Waals surface area contributed by atoms with Crippen LogP contribution >= 0.6 is 69.8 Å². The van der Waals surface area contributed by atoms with Crippen LogP contribution in [0.15, 0.2) is 28.2 Å². The van der Waals surface area contributed by atoms with E-state index in [0.717, 1.165) is 6.40 Å². The van der Waals surface area contributed by atoms with Gasteiger partial charge in [-0.3, -0.25) is 4.57 Å². The van der Waals surface area contributed by atoms with Crippen LogP contribution in [0.2, 0.25) is 15.1 Å². The highest BCUT2D eigenvalue weighted by atomic mass is 35.5. The molecule has 1 aromatic carbocycles. The number of rotatable bonds is 6. The average molecular weight is 476 g/mol. The second-order valence-corrected chi connectivity index (χ2v) is 8.74. The fraction of sp³-hybridized carbons (Fsp3) is 0.200. The first-order chi connectivity index (χ1) is 12.2. The van der Waals surface area contributed by atoms with Gasteiger partial charge in [-0.15, -0.1) is 0 Å². The lowest BCUT2D eigenvalue weighted by molar-refractivity contribution is 0.343. The maximum Gasteiger partial charge on any atom is 0.309 e. The molecular formula is C15H9Cl5FN3OS. The van der Waals surface area contributed by atoms with Crippen LogP contribution in [0.3, 0.4) is 0 Å². The van der Waals surface area contributed by atoms with Gasteiger partial charge in [-0.25, -0.2) is 4.99 Å². The van der Waals surface area contributed by atoms with Gasteiger partial charge in [0.15, 0.2) is 12.2 Å². The molecule has 0 radical (unpaired) electrons. The topological polar surface area (TPSA) is 50.3 Å². The van der Waals surface area contributed by atoms with Crippen molar-refractivity contribution in [3.63, 3.8) is 0 Å². The third-order valence-electron chi connectivity index (χ3n) is 2.91. The number of alkyl halides is 3. The normalized spacial score (nSPS) is 11.8. The molecule has 0 fully saturated rings. The van der Waals surface area contributed by atoms with E-state index in [1.54, 1.807) is 6.92 Å². The Kier molecular flexibility index (Phi) is 7.37. The predicted octanol–water partition coefficient (Wildman–Crippen LogP) is 7.16. The maximum absolute atomic E-state index is 13.8. The third-order valence-corrected chi connectivity index (χ3v) is 5.01. The van der Waals surface area contributed by atoms with Gasteiger partial charge < -0.3 is 4.74 Å². The standard InChI is InChI=1S/C15H9Cl5FN3OS/c1-2-25-7-23-14-13(26-15(19,20)21)8(5-22)6-24(14)12-10(17)3-9(16)4-11(12)18/h3-4,6-7H,2H2,1H3/b23-7+. The highest BCUT2D eigenvalue weighted by Crippen LogP contribution is 2.48. The summed E-state index contributed by atoms with van der Waals surface area (Å²) in [6, 6.07) is 4.88. The molecule has 0 spiro atoms. The minimum Gasteiger partial charge on any atom is -0.483 e. The van der Waals surface area contributed by atoms with Gasteiger partial charge in [-0.1, -0.05) is 58.0 Å². The Labute approximate surface area is 178 Å². The molecule has 0 aliphatic rings. The second-order valence-electron chi connectivity index (χ2n) is 4.63. The largest absolute Gasteiger partial charge is 0.483 e. The van der Waals surface area contributed by atoms with Crippen LogP contribution in [0.4, 0.5) is 10.2 Å². The molecule has 0 atom stereocenters. The zero-order valence-corrected chi connectivity index (χ0v) is 17.5. The van der Waals surface area contributed by atoms with E-state index in [9.17, 15) is 9.65 Å². The highest BCUT2D eigenvalue weighted by molar-refractivity contribution is 8.03. The summed E-state index contributed by atoms with van der Waals surface area (Å²) >= 11 is 29.8. The number of aliphatic imine (C=N–C) groups is 1. The fourth-order valence-electron chi connectivity index (χ4n) is 1.99. The van der Waals surface area contributed by atoms with Crippen molar-refractivity contribution in [2.75, 3.05) is 6.61 Å². The van der Waals surface area contributed by atoms with E-state index in [-0.39, 0.29) is 26.3 Å². The van der Waals surface area contributed by atoms with Crippen molar-refractivity contribution in [2.45, 2.75) is 15.7 Å². The first kappa shape index (κ1) is 21.5. The summed E-state index contributed by atoms with van der Waals surface area (Å²) in [5, 5.41) is 10.1. The molecule has 0 amide bonds. The molecule has 2 rings (SSSR count). The molecule has 2 aromatic rings. The number of aromatic nitrogens is 1. The van der Waals surface area contributed by atoms with Crippen molar-refractivity contribution in [2.24, 2.45) is 4.99 Å². The van der Waals surface area contributed by atoms with Gasteiger partial charge in [-0.05, 0) is 30.8 Å². The van der Waals surface area contributed by atoms with Crippen LogP contribution < -0.4 is 0 Å². The summed E-state index contributed by atoms with van der Waals surface area (Å²) in [6.07, 6.45) is 2.54. The number of nitriles is 1. The number of hydrogen-bond acceptors (Lipinski definition) is 4. The van der Waals surface area contributed by atoms with Crippen LogP contribution in [0.5, 0.6) is 0 Å². The molecule has 0 unspecified atom stereocenters. The average Bonchev–Trinajstić information content (AvgIpc) is 2.83. The summed E-state index contributed by atoms with van der Waals surface area (Å²) in [6.45, 7) is 2.12. The first-order valence-electron chi connectivity index (χ1n) is 6.88. The van der Waals surface area contributed by atoms with E-state index in [2.05, 4.69) is 4.99 Å². The summed E-state index contributed by atoms with van der Waals surface area (Å²) in [5.41, 5.74) is 0.377. The molecular weight excluding hydrogens is 467 g/mol. The lowest BCUT2D eigenvalue weighted by Crippen LogP contribution is -1.98. The highest BCUT2D eigenvalue weighted by Gasteiger charge is 2.30. The van der Waals surface area contributed by atoms with E-state index in [4.69, 9.17) is 62.7 Å². The Morgan fingerprint density at radius 1 is 1.35 bits per heavy atom. The minimum absolute atomic E-state index is 0.0732. The predicted molar refractivity (Wildman–Crippen MR) is 107 cm³/mol. The molecule has 1 heterocycles. The molecule has 26 heavy (non-hydrogen) atoms. The van der Waals surface area contributed by atoms with Gasteiger partial charge >= 0.3 is 3.92 Å². The molecule has 0 saturated carbocycles. The zero-order valence-electron chi connectivity index (χ0n) is 12.9. The Morgan fingerprint density at radius 2 is 1.96 bits per heavy atom. The number of benzene rings is 1. The van der Waals surface area contributed by atoms with Crippen LogP contribution in [0.1, 0.15) is 12.5 Å². The van der Waals surface area contributed by atoms with Crippen molar-refractivity contribution < 1.29 is 9.13 Å². The van der Waals surface area contributed by atoms with Crippen molar-refractivity contribution in [1.82, 2.24) is 4.57 Å². The zero-order chi connectivity index (χ0) is 19.5. The lowest BCUT2D eigenvalue weighted by Gasteiger charge is -2.13. The minimum atomic E-state index is -2.68. The molecule has 0 bridgehead atoms. The second kappa shape index (κ2) is 8.92. The molecule has 0 aliphatic carbocycles. The summed E-state index contributed by atoms with van der Waals surface area (Å²) < 4.78 is 17.6. The number of thioether (sulfide) groups is 1. The number of ether oxygens (including phenoxy) is 1. The molecule has 1 aromatic heterocycles. The molecule has 0 aliphatic heterocycles. The monoisotopic (exact) mass is 473 g/mol. The van der Waals surface area contributed by atoms with E-state index < -0.39 is 3.92 Å². The summed E-state index contributed by atoms with van der Waals surface area (Å²) in [5.74, 6) is 0.120. The summed E-state index contributed by atoms with van der Waals surface area (Å²) in [4.78, 5) is 4.23. The number of halogens is 6. The maximum atomic E-state index is 13.8. The van der Waals surface area contributed by atoms with Crippen LogP contribution in [-0.4, -0.2) is 21.5 Å². The van der Waals surface area contributed by atoms with Gasteiger partial charge in [0.05, 0.1) is 32.8 Å². The molecule has 0 N–H and O–H groups in total. The number of hydrogen-bond donors (Lipinski definition) is 0. The Morgan fingerprint density at radius 3 is 2.46 bits per heavy atom.